The summed E-state index contributed by atoms with van der Waals surface area (Å²) >= 11 is 5.96. The van der Waals surface area contributed by atoms with E-state index in [1.54, 1.807) is 18.3 Å². The standard InChI is InChI=1S/C17H16ClN3O3/c1-10-5-6-11(8-19-13-4-2-3-12(18)7-13)15-20-9-14(17(23)24)16(22)21(10)15/h2-4,7-10,19H,5-6H2,1H3,(H,23,24). The molecule has 2 heterocycles. The molecule has 1 aromatic heterocycles. The van der Waals surface area contributed by atoms with Crippen LogP contribution in [0.25, 0.3) is 5.57 Å². The van der Waals surface area contributed by atoms with Gasteiger partial charge in [0.05, 0.1) is 0 Å². The molecule has 1 aliphatic rings. The molecule has 1 aromatic carbocycles. The van der Waals surface area contributed by atoms with E-state index in [1.165, 1.54) is 4.57 Å². The summed E-state index contributed by atoms with van der Waals surface area (Å²) in [5.74, 6) is -0.763. The van der Waals surface area contributed by atoms with Crippen molar-refractivity contribution in [3.8, 4) is 0 Å². The van der Waals surface area contributed by atoms with Gasteiger partial charge in [-0.25, -0.2) is 9.78 Å². The molecule has 0 radical (unpaired) electrons. The lowest BCUT2D eigenvalue weighted by Gasteiger charge is -2.26. The Labute approximate surface area is 143 Å². The largest absolute Gasteiger partial charge is 0.477 e. The second-order valence-electron chi connectivity index (χ2n) is 5.69. The maximum absolute atomic E-state index is 12.4. The van der Waals surface area contributed by atoms with Crippen molar-refractivity contribution in [2.75, 3.05) is 5.32 Å². The van der Waals surface area contributed by atoms with E-state index in [0.717, 1.165) is 30.3 Å². The van der Waals surface area contributed by atoms with Crippen LogP contribution >= 0.6 is 11.6 Å². The predicted molar refractivity (Wildman–Crippen MR) is 92.5 cm³/mol. The van der Waals surface area contributed by atoms with Gasteiger partial charge in [0, 0.05) is 34.7 Å². The molecule has 0 saturated heterocycles. The average molecular weight is 346 g/mol. The number of aromatic carboxylic acids is 1. The summed E-state index contributed by atoms with van der Waals surface area (Å²) < 4.78 is 1.46. The molecular weight excluding hydrogens is 330 g/mol. The summed E-state index contributed by atoms with van der Waals surface area (Å²) in [6.07, 6.45) is 4.40. The maximum Gasteiger partial charge on any atom is 0.342 e. The van der Waals surface area contributed by atoms with Gasteiger partial charge in [0.25, 0.3) is 5.56 Å². The van der Waals surface area contributed by atoms with Crippen molar-refractivity contribution >= 4 is 28.8 Å². The molecule has 1 unspecified atom stereocenters. The zero-order valence-corrected chi connectivity index (χ0v) is 13.7. The fourth-order valence-corrected chi connectivity index (χ4v) is 2.94. The summed E-state index contributed by atoms with van der Waals surface area (Å²) in [6, 6.07) is 7.19. The first-order valence-electron chi connectivity index (χ1n) is 7.53. The van der Waals surface area contributed by atoms with Crippen LogP contribution in [0.5, 0.6) is 0 Å². The van der Waals surface area contributed by atoms with E-state index in [9.17, 15) is 9.59 Å². The number of carboxylic acids is 1. The average Bonchev–Trinajstić information content (AvgIpc) is 2.54. The number of halogens is 1. The summed E-state index contributed by atoms with van der Waals surface area (Å²) in [6.45, 7) is 1.89. The van der Waals surface area contributed by atoms with E-state index in [0.29, 0.717) is 10.8 Å². The van der Waals surface area contributed by atoms with Gasteiger partial charge in [0.2, 0.25) is 0 Å². The lowest BCUT2D eigenvalue weighted by molar-refractivity contribution is 0.0693. The fraction of sp³-hybridized carbons (Fsp3) is 0.235. The highest BCUT2D eigenvalue weighted by Gasteiger charge is 2.25. The molecule has 1 atom stereocenters. The lowest BCUT2D eigenvalue weighted by Crippen LogP contribution is -2.34. The molecule has 2 N–H and O–H groups in total. The predicted octanol–water partition coefficient (Wildman–Crippen LogP) is 3.40. The number of hydrogen-bond donors (Lipinski definition) is 2. The summed E-state index contributed by atoms with van der Waals surface area (Å²) in [4.78, 5) is 27.8. The van der Waals surface area contributed by atoms with Crippen LogP contribution in [-0.4, -0.2) is 20.6 Å². The Balaban J connectivity index is 2.00. The summed E-state index contributed by atoms with van der Waals surface area (Å²) in [5.41, 5.74) is 0.842. The van der Waals surface area contributed by atoms with Gasteiger partial charge in [0.1, 0.15) is 11.4 Å². The monoisotopic (exact) mass is 345 g/mol. The van der Waals surface area contributed by atoms with E-state index >= 15 is 0 Å². The van der Waals surface area contributed by atoms with Gasteiger partial charge in [-0.15, -0.1) is 0 Å². The molecule has 24 heavy (non-hydrogen) atoms. The quantitative estimate of drug-likeness (QED) is 0.890. The van der Waals surface area contributed by atoms with Gasteiger partial charge in [-0.3, -0.25) is 9.36 Å². The SMILES string of the molecule is CC1CCC(=CNc2cccc(Cl)c2)c2ncc(C(=O)O)c(=O)n21. The second kappa shape index (κ2) is 6.49. The van der Waals surface area contributed by atoms with E-state index in [4.69, 9.17) is 16.7 Å². The topological polar surface area (TPSA) is 84.2 Å². The number of nitrogens with zero attached hydrogens (tertiary/aromatic N) is 2. The van der Waals surface area contributed by atoms with Gasteiger partial charge in [-0.05, 0) is 38.0 Å². The molecule has 6 nitrogen and oxygen atoms in total. The number of carbonyl (C=O) groups is 1. The van der Waals surface area contributed by atoms with Crippen molar-refractivity contribution in [1.29, 1.82) is 0 Å². The summed E-state index contributed by atoms with van der Waals surface area (Å²) in [5, 5.41) is 12.9. The minimum Gasteiger partial charge on any atom is -0.477 e. The van der Waals surface area contributed by atoms with Gasteiger partial charge in [0.15, 0.2) is 0 Å². The second-order valence-corrected chi connectivity index (χ2v) is 6.12. The van der Waals surface area contributed by atoms with Crippen molar-refractivity contribution in [3.63, 3.8) is 0 Å². The van der Waals surface area contributed by atoms with Crippen molar-refractivity contribution in [2.45, 2.75) is 25.8 Å². The molecule has 2 aromatic rings. The molecule has 124 valence electrons. The minimum absolute atomic E-state index is 0.0948. The maximum atomic E-state index is 12.4. The Hall–Kier alpha value is -2.60. The Morgan fingerprint density at radius 3 is 3.00 bits per heavy atom. The molecule has 0 spiro atoms. The number of nitrogens with one attached hydrogen (secondary N) is 1. The number of fused-ring (bicyclic) bond motifs is 1. The van der Waals surface area contributed by atoms with Crippen LogP contribution in [0.2, 0.25) is 5.02 Å². The third-order valence-corrected chi connectivity index (χ3v) is 4.26. The van der Waals surface area contributed by atoms with Crippen LogP contribution in [-0.2, 0) is 0 Å². The number of allylic oxidation sites excluding steroid dienone is 1. The third-order valence-electron chi connectivity index (χ3n) is 4.02. The lowest BCUT2D eigenvalue weighted by atomic mass is 10.0. The van der Waals surface area contributed by atoms with Gasteiger partial charge in [-0.1, -0.05) is 17.7 Å². The molecule has 0 bridgehead atoms. The first kappa shape index (κ1) is 16.3. The summed E-state index contributed by atoms with van der Waals surface area (Å²) in [7, 11) is 0. The molecule has 3 rings (SSSR count). The van der Waals surface area contributed by atoms with Crippen molar-refractivity contribution in [1.82, 2.24) is 9.55 Å². The van der Waals surface area contributed by atoms with E-state index in [1.807, 2.05) is 19.1 Å². The third kappa shape index (κ3) is 3.05. The zero-order chi connectivity index (χ0) is 17.3. The number of anilines is 1. The molecular formula is C17H16ClN3O3. The zero-order valence-electron chi connectivity index (χ0n) is 13.0. The fourth-order valence-electron chi connectivity index (χ4n) is 2.75. The van der Waals surface area contributed by atoms with E-state index in [2.05, 4.69) is 10.3 Å². The van der Waals surface area contributed by atoms with Gasteiger partial charge >= 0.3 is 5.97 Å². The number of hydrogen-bond acceptors (Lipinski definition) is 4. The van der Waals surface area contributed by atoms with Crippen molar-refractivity contribution in [3.05, 3.63) is 63.4 Å². The highest BCUT2D eigenvalue weighted by molar-refractivity contribution is 6.30. The van der Waals surface area contributed by atoms with E-state index in [-0.39, 0.29) is 11.6 Å². The smallest absolute Gasteiger partial charge is 0.342 e. The highest BCUT2D eigenvalue weighted by Crippen LogP contribution is 2.30. The Bertz CT molecular complexity index is 889. The first-order chi connectivity index (χ1) is 11.5. The molecule has 7 heteroatoms. The Morgan fingerprint density at radius 2 is 2.29 bits per heavy atom. The normalized spacial score (nSPS) is 18.2. The molecule has 0 amide bonds. The Morgan fingerprint density at radius 1 is 1.50 bits per heavy atom. The minimum atomic E-state index is -1.26. The number of rotatable bonds is 3. The van der Waals surface area contributed by atoms with E-state index < -0.39 is 11.5 Å². The van der Waals surface area contributed by atoms with Gasteiger partial charge in [-0.2, -0.15) is 0 Å². The van der Waals surface area contributed by atoms with Crippen LogP contribution in [0.1, 0.15) is 42.0 Å². The molecule has 0 aliphatic carbocycles. The van der Waals surface area contributed by atoms with Crippen LogP contribution < -0.4 is 10.9 Å². The number of carboxylic acid groups (broad SMARTS) is 1. The first-order valence-corrected chi connectivity index (χ1v) is 7.91. The van der Waals surface area contributed by atoms with Gasteiger partial charge < -0.3 is 10.4 Å². The highest BCUT2D eigenvalue weighted by atomic mass is 35.5. The Kier molecular flexibility index (Phi) is 4.40. The number of benzene rings is 1. The molecule has 0 saturated carbocycles. The van der Waals surface area contributed by atoms with Crippen molar-refractivity contribution in [2.24, 2.45) is 0 Å². The molecule has 0 fully saturated rings. The number of aromatic nitrogens is 2. The van der Waals surface area contributed by atoms with Crippen molar-refractivity contribution < 1.29 is 9.90 Å². The molecule has 1 aliphatic heterocycles. The van der Waals surface area contributed by atoms with Crippen LogP contribution in [0.15, 0.2) is 41.5 Å². The van der Waals surface area contributed by atoms with Crippen LogP contribution in [0.4, 0.5) is 5.69 Å². The van der Waals surface area contributed by atoms with Crippen LogP contribution in [0.3, 0.4) is 0 Å². The van der Waals surface area contributed by atoms with Crippen LogP contribution in [0, 0.1) is 0 Å².